The van der Waals surface area contributed by atoms with Crippen LogP contribution in [0.5, 0.6) is 17.2 Å². The summed E-state index contributed by atoms with van der Waals surface area (Å²) in [7, 11) is 1.51. The van der Waals surface area contributed by atoms with Crippen LogP contribution >= 0.6 is 15.9 Å². The van der Waals surface area contributed by atoms with Gasteiger partial charge in [0.15, 0.2) is 18.1 Å². The van der Waals surface area contributed by atoms with Gasteiger partial charge in [-0.05, 0) is 51.8 Å². The largest absolute Gasteiger partial charge is 0.493 e. The van der Waals surface area contributed by atoms with Crippen LogP contribution in [0.3, 0.4) is 0 Å². The third kappa shape index (κ3) is 6.75. The summed E-state index contributed by atoms with van der Waals surface area (Å²) in [5.41, 5.74) is 6.23. The van der Waals surface area contributed by atoms with E-state index >= 15 is 0 Å². The molecule has 0 fully saturated rings. The Bertz CT molecular complexity index is 1060. The van der Waals surface area contributed by atoms with E-state index in [-0.39, 0.29) is 6.61 Å². The average Bonchev–Trinajstić information content (AvgIpc) is 2.83. The molecule has 0 aliphatic carbocycles. The van der Waals surface area contributed by atoms with E-state index in [1.807, 2.05) is 30.3 Å². The summed E-state index contributed by atoms with van der Waals surface area (Å²) in [6.45, 7) is 0.231. The fraction of sp³-hybridized carbons (Fsp3) is 0.167. The molecule has 32 heavy (non-hydrogen) atoms. The molecule has 0 aliphatic heterocycles. The maximum absolute atomic E-state index is 12.3. The van der Waals surface area contributed by atoms with E-state index in [2.05, 4.69) is 26.8 Å². The third-order valence-electron chi connectivity index (χ3n) is 4.43. The van der Waals surface area contributed by atoms with Crippen molar-refractivity contribution in [1.29, 1.82) is 0 Å². The van der Waals surface area contributed by atoms with Gasteiger partial charge in [0.25, 0.3) is 11.8 Å². The zero-order valence-electron chi connectivity index (χ0n) is 17.5. The second-order valence-corrected chi connectivity index (χ2v) is 7.53. The van der Waals surface area contributed by atoms with E-state index in [1.165, 1.54) is 12.7 Å². The van der Waals surface area contributed by atoms with E-state index in [0.29, 0.717) is 33.9 Å². The summed E-state index contributed by atoms with van der Waals surface area (Å²) in [5.74, 6) is 0.603. The lowest BCUT2D eigenvalue weighted by atomic mass is 10.2. The quantitative estimate of drug-likeness (QED) is 0.436. The first-order chi connectivity index (χ1) is 15.6. The summed E-state index contributed by atoms with van der Waals surface area (Å²) in [6.07, 6.45) is 0.776. The lowest BCUT2D eigenvalue weighted by Gasteiger charge is -2.12. The van der Waals surface area contributed by atoms with Crippen LogP contribution in [0.4, 0.5) is 0 Å². The molecule has 166 valence electrons. The van der Waals surface area contributed by atoms with Crippen LogP contribution in [0.25, 0.3) is 0 Å². The topological polar surface area (TPSA) is 85.9 Å². The van der Waals surface area contributed by atoms with Gasteiger partial charge in [-0.1, -0.05) is 42.5 Å². The number of hydrogen-bond acceptors (Lipinski definition) is 5. The molecule has 0 saturated carbocycles. The monoisotopic (exact) mass is 498 g/mol. The summed E-state index contributed by atoms with van der Waals surface area (Å²) in [5, 5.41) is 0. The summed E-state index contributed by atoms with van der Waals surface area (Å²) >= 11 is 3.42. The van der Waals surface area contributed by atoms with Crippen molar-refractivity contribution >= 4 is 27.7 Å². The fourth-order valence-corrected chi connectivity index (χ4v) is 3.29. The predicted molar refractivity (Wildman–Crippen MR) is 124 cm³/mol. The van der Waals surface area contributed by atoms with Crippen LogP contribution in [0, 0.1) is 0 Å². The number of carbonyl (C=O) groups is 2. The van der Waals surface area contributed by atoms with E-state index in [1.54, 1.807) is 42.5 Å². The Morgan fingerprint density at radius 1 is 0.844 bits per heavy atom. The lowest BCUT2D eigenvalue weighted by molar-refractivity contribution is -0.123. The molecule has 0 spiro atoms. The number of amides is 2. The fourth-order valence-electron chi connectivity index (χ4n) is 2.80. The van der Waals surface area contributed by atoms with E-state index in [0.717, 1.165) is 6.42 Å². The van der Waals surface area contributed by atoms with E-state index < -0.39 is 11.8 Å². The van der Waals surface area contributed by atoms with Crippen molar-refractivity contribution < 1.29 is 23.8 Å². The Balaban J connectivity index is 1.45. The Hall–Kier alpha value is -3.52. The van der Waals surface area contributed by atoms with Crippen LogP contribution in [-0.2, 0) is 11.2 Å². The van der Waals surface area contributed by atoms with Crippen molar-refractivity contribution in [3.05, 3.63) is 88.4 Å². The second kappa shape index (κ2) is 11.8. The highest BCUT2D eigenvalue weighted by molar-refractivity contribution is 9.10. The molecule has 0 radical (unpaired) electrons. The smallest absolute Gasteiger partial charge is 0.276 e. The molecule has 0 aliphatic rings. The lowest BCUT2D eigenvalue weighted by Crippen LogP contribution is -2.43. The Kier molecular flexibility index (Phi) is 8.51. The predicted octanol–water partition coefficient (Wildman–Crippen LogP) is 3.92. The maximum Gasteiger partial charge on any atom is 0.276 e. The maximum atomic E-state index is 12.3. The molecule has 2 N–H and O–H groups in total. The van der Waals surface area contributed by atoms with Crippen molar-refractivity contribution in [3.63, 3.8) is 0 Å². The van der Waals surface area contributed by atoms with Gasteiger partial charge in [-0.25, -0.2) is 0 Å². The number of halogens is 1. The standard InChI is InChI=1S/C24H23BrN2O5/c1-30-21-9-5-6-10-22(21)32-16-23(28)26-27-24(29)18-11-12-20(19(25)15-18)31-14-13-17-7-3-2-4-8-17/h2-12,15H,13-14,16H2,1H3,(H,26,28)(H,27,29). The average molecular weight is 499 g/mol. The molecule has 0 heterocycles. The molecule has 3 aromatic rings. The summed E-state index contributed by atoms with van der Waals surface area (Å²) in [4.78, 5) is 24.3. The minimum atomic E-state index is -0.510. The van der Waals surface area contributed by atoms with Crippen LogP contribution in [0.15, 0.2) is 77.3 Å². The minimum Gasteiger partial charge on any atom is -0.493 e. The molecule has 8 heteroatoms. The van der Waals surface area contributed by atoms with Gasteiger partial charge in [-0.15, -0.1) is 0 Å². The Morgan fingerprint density at radius 3 is 2.28 bits per heavy atom. The second-order valence-electron chi connectivity index (χ2n) is 6.67. The first-order valence-electron chi connectivity index (χ1n) is 9.88. The number of ether oxygens (including phenoxy) is 3. The van der Waals surface area contributed by atoms with Gasteiger partial charge in [0, 0.05) is 12.0 Å². The number of benzene rings is 3. The molecule has 3 rings (SSSR count). The first kappa shape index (κ1) is 23.1. The van der Waals surface area contributed by atoms with Crippen molar-refractivity contribution in [1.82, 2.24) is 10.9 Å². The van der Waals surface area contributed by atoms with Gasteiger partial charge in [0.2, 0.25) is 0 Å². The number of carbonyl (C=O) groups excluding carboxylic acids is 2. The zero-order chi connectivity index (χ0) is 22.8. The normalized spacial score (nSPS) is 10.2. The molecule has 0 aromatic heterocycles. The molecular formula is C24H23BrN2O5. The Labute approximate surface area is 194 Å². The molecule has 0 unspecified atom stereocenters. The molecule has 0 saturated heterocycles. The molecule has 0 bridgehead atoms. The van der Waals surface area contributed by atoms with Crippen LogP contribution in [0.2, 0.25) is 0 Å². The number of methoxy groups -OCH3 is 1. The minimum absolute atomic E-state index is 0.279. The third-order valence-corrected chi connectivity index (χ3v) is 5.05. The van der Waals surface area contributed by atoms with Crippen molar-refractivity contribution in [2.45, 2.75) is 6.42 Å². The zero-order valence-corrected chi connectivity index (χ0v) is 19.1. The highest BCUT2D eigenvalue weighted by Gasteiger charge is 2.12. The number of nitrogens with one attached hydrogen (secondary N) is 2. The van der Waals surface area contributed by atoms with Crippen molar-refractivity contribution in [2.75, 3.05) is 20.3 Å². The van der Waals surface area contributed by atoms with Gasteiger partial charge in [0.1, 0.15) is 5.75 Å². The van der Waals surface area contributed by atoms with E-state index in [9.17, 15) is 9.59 Å². The number of hydrogen-bond donors (Lipinski definition) is 2. The van der Waals surface area contributed by atoms with Crippen molar-refractivity contribution in [3.8, 4) is 17.2 Å². The van der Waals surface area contributed by atoms with Gasteiger partial charge < -0.3 is 14.2 Å². The van der Waals surface area contributed by atoms with E-state index in [4.69, 9.17) is 14.2 Å². The van der Waals surface area contributed by atoms with Gasteiger partial charge in [0.05, 0.1) is 18.2 Å². The SMILES string of the molecule is COc1ccccc1OCC(=O)NNC(=O)c1ccc(OCCc2ccccc2)c(Br)c1. The Morgan fingerprint density at radius 2 is 1.56 bits per heavy atom. The van der Waals surface area contributed by atoms with Crippen molar-refractivity contribution in [2.24, 2.45) is 0 Å². The highest BCUT2D eigenvalue weighted by atomic mass is 79.9. The number of para-hydroxylation sites is 2. The van der Waals surface area contributed by atoms with Gasteiger partial charge >= 0.3 is 0 Å². The molecular weight excluding hydrogens is 476 g/mol. The summed E-state index contributed by atoms with van der Waals surface area (Å²) < 4.78 is 17.0. The number of hydrazine groups is 1. The highest BCUT2D eigenvalue weighted by Crippen LogP contribution is 2.26. The van der Waals surface area contributed by atoms with Gasteiger partial charge in [-0.2, -0.15) is 0 Å². The van der Waals surface area contributed by atoms with Crippen LogP contribution < -0.4 is 25.1 Å². The summed E-state index contributed by atoms with van der Waals surface area (Å²) in [6, 6.07) is 22.0. The first-order valence-corrected chi connectivity index (χ1v) is 10.7. The van der Waals surface area contributed by atoms with Crippen LogP contribution in [0.1, 0.15) is 15.9 Å². The molecule has 3 aromatic carbocycles. The molecule has 2 amide bonds. The number of rotatable bonds is 9. The van der Waals surface area contributed by atoms with Gasteiger partial charge in [-0.3, -0.25) is 20.4 Å². The van der Waals surface area contributed by atoms with Crippen LogP contribution in [-0.4, -0.2) is 32.1 Å². The molecule has 0 atom stereocenters. The molecule has 7 nitrogen and oxygen atoms in total.